The lowest BCUT2D eigenvalue weighted by Crippen LogP contribution is -2.60. The second-order valence-corrected chi connectivity index (χ2v) is 18.3. The van der Waals surface area contributed by atoms with Gasteiger partial charge in [-0.05, 0) is 19.3 Å². The van der Waals surface area contributed by atoms with E-state index in [9.17, 15) is 34.7 Å². The van der Waals surface area contributed by atoms with E-state index in [0.29, 0.717) is 6.42 Å². The number of carbonyl (C=O) groups is 1. The van der Waals surface area contributed by atoms with Crippen LogP contribution in [0.25, 0.3) is 0 Å². The lowest BCUT2D eigenvalue weighted by Gasteiger charge is -2.42. The third kappa shape index (κ3) is 27.5. The highest BCUT2D eigenvalue weighted by Gasteiger charge is 2.48. The van der Waals surface area contributed by atoms with Gasteiger partial charge in [0.1, 0.15) is 24.4 Å². The van der Waals surface area contributed by atoms with Crippen LogP contribution in [0.2, 0.25) is 0 Å². The quantitative estimate of drug-likeness (QED) is 0.0178. The highest BCUT2D eigenvalue weighted by molar-refractivity contribution is 7.52. The Kier molecular flexibility index (Phi) is 34.0. The van der Waals surface area contributed by atoms with Gasteiger partial charge in [0, 0.05) is 13.0 Å². The lowest BCUT2D eigenvalue weighted by molar-refractivity contribution is -0.299. The van der Waals surface area contributed by atoms with Crippen LogP contribution in [0.3, 0.4) is 0 Å². The molecule has 0 aliphatic carbocycles. The highest BCUT2D eigenvalue weighted by Crippen LogP contribution is 2.45. The minimum Gasteiger partial charge on any atom is -0.394 e. The van der Waals surface area contributed by atoms with E-state index in [1.165, 1.54) is 128 Å². The van der Waals surface area contributed by atoms with Crippen molar-refractivity contribution in [1.29, 1.82) is 0 Å². The van der Waals surface area contributed by atoms with Gasteiger partial charge in [-0.2, -0.15) is 0 Å². The van der Waals surface area contributed by atoms with Gasteiger partial charge in [0.05, 0.1) is 31.5 Å². The van der Waals surface area contributed by atoms with Crippen LogP contribution in [0.4, 0.5) is 0 Å². The summed E-state index contributed by atoms with van der Waals surface area (Å²) in [5.41, 5.74) is 5.38. The average Bonchev–Trinajstić information content (AvgIpc) is 3.18. The van der Waals surface area contributed by atoms with Crippen molar-refractivity contribution in [1.82, 2.24) is 5.32 Å². The number of rotatable bonds is 39. The van der Waals surface area contributed by atoms with Gasteiger partial charge in [-0.25, -0.2) is 0 Å². The largest absolute Gasteiger partial charge is 0.394 e. The zero-order valence-electron chi connectivity index (χ0n) is 36.1. The topological polar surface area (TPSA) is 201 Å². The summed E-state index contributed by atoms with van der Waals surface area (Å²) in [6.45, 7) is 3.37. The fourth-order valence-electron chi connectivity index (χ4n) is 7.38. The van der Waals surface area contributed by atoms with Crippen molar-refractivity contribution < 1.29 is 48.7 Å². The summed E-state index contributed by atoms with van der Waals surface area (Å²) in [5, 5.41) is 45.4. The number of unbranched alkanes of at least 4 members (excludes halogenated alkanes) is 25. The summed E-state index contributed by atoms with van der Waals surface area (Å²) in [7, 11) is -4.23. The summed E-state index contributed by atoms with van der Waals surface area (Å²) in [5.74, 6) is -0.222. The number of aliphatic hydroxyl groups excluding tert-OH is 4. The molecule has 57 heavy (non-hydrogen) atoms. The molecule has 0 aromatic rings. The molecule has 0 saturated carbocycles. The molecule has 1 unspecified atom stereocenters. The number of hydrogen-bond acceptors (Lipinski definition) is 10. The van der Waals surface area contributed by atoms with Crippen molar-refractivity contribution in [2.75, 3.05) is 25.9 Å². The molecule has 0 bridgehead atoms. The fourth-order valence-corrected chi connectivity index (χ4v) is 8.46. The Balaban J connectivity index is 2.48. The predicted octanol–water partition coefficient (Wildman–Crippen LogP) is 8.34. The van der Waals surface area contributed by atoms with Gasteiger partial charge in [0.2, 0.25) is 5.91 Å². The maximum atomic E-state index is 13.0. The molecule has 1 saturated heterocycles. The Morgan fingerprint density at radius 1 is 0.754 bits per heavy atom. The molecule has 0 aromatic carbocycles. The summed E-state index contributed by atoms with van der Waals surface area (Å²) in [6, 6.07) is -0.875. The Morgan fingerprint density at radius 3 is 1.67 bits per heavy atom. The number of aliphatic hydroxyl groups is 4. The summed E-state index contributed by atoms with van der Waals surface area (Å²) < 4.78 is 28.9. The van der Waals surface area contributed by atoms with Crippen LogP contribution in [0.1, 0.15) is 194 Å². The number of allylic oxidation sites excluding steroid dienone is 1. The standard InChI is InChI=1S/C44H87N2O10P/c1-3-5-7-9-11-13-14-15-16-17-18-19-20-21-22-24-26-28-30-32-40(49)46-37(38(48)31-29-27-25-23-12-10-8-6-4-2)36-54-44-42(51)41(50)43(39(35-47)55-44)56-57(52,53)34-33-45/h29,31,37-39,41-44,47-48,50-51H,3-28,30,32-36,45H2,1-2H3,(H,46,49)(H,52,53)/b31-29+/t37-,38-,39+,41+,42+,43+,44+/m0/s1. The molecule has 1 heterocycles. The van der Waals surface area contributed by atoms with Crippen LogP contribution in [-0.4, -0.2) is 100.0 Å². The van der Waals surface area contributed by atoms with E-state index in [1.54, 1.807) is 6.08 Å². The normalized spacial score (nSPS) is 22.1. The Labute approximate surface area is 347 Å². The summed E-state index contributed by atoms with van der Waals surface area (Å²) >= 11 is 0. The molecule has 338 valence electrons. The van der Waals surface area contributed by atoms with Gasteiger partial charge in [0.15, 0.2) is 6.29 Å². The van der Waals surface area contributed by atoms with E-state index < -0.39 is 57.1 Å². The molecule has 1 fully saturated rings. The lowest BCUT2D eigenvalue weighted by atomic mass is 9.99. The van der Waals surface area contributed by atoms with Gasteiger partial charge in [-0.3, -0.25) is 13.9 Å². The molecule has 13 heteroatoms. The summed E-state index contributed by atoms with van der Waals surface area (Å²) in [6.07, 6.45) is 28.0. The van der Waals surface area contributed by atoms with Crippen molar-refractivity contribution >= 4 is 13.5 Å². The van der Waals surface area contributed by atoms with Crippen molar-refractivity contribution in [3.05, 3.63) is 12.2 Å². The third-order valence-corrected chi connectivity index (χ3v) is 12.4. The van der Waals surface area contributed by atoms with E-state index in [2.05, 4.69) is 19.2 Å². The van der Waals surface area contributed by atoms with Crippen LogP contribution < -0.4 is 11.1 Å². The molecule has 1 aliphatic rings. The van der Waals surface area contributed by atoms with Gasteiger partial charge < -0.3 is 45.8 Å². The van der Waals surface area contributed by atoms with E-state index in [4.69, 9.17) is 19.7 Å². The van der Waals surface area contributed by atoms with E-state index in [0.717, 1.165) is 44.9 Å². The molecule has 1 rings (SSSR count). The number of carbonyl (C=O) groups excluding carboxylic acids is 1. The number of nitrogens with one attached hydrogen (secondary N) is 1. The average molecular weight is 835 g/mol. The SMILES string of the molecule is CCCCCCCCC/C=C/[C@H](O)[C@H](CO[C@@H]1O[C@H](CO)[C@@H](OP(=O)(O)CCN)[C@H](O)[C@H]1O)NC(=O)CCCCCCCCCCCCCCCCCCCCC. The summed E-state index contributed by atoms with van der Waals surface area (Å²) in [4.78, 5) is 23.1. The molecule has 12 nitrogen and oxygen atoms in total. The molecular weight excluding hydrogens is 747 g/mol. The molecule has 8 N–H and O–H groups in total. The first-order chi connectivity index (χ1) is 27.6. The molecule has 0 spiro atoms. The number of nitrogens with two attached hydrogens (primary N) is 1. The van der Waals surface area contributed by atoms with Crippen LogP contribution in [0.5, 0.6) is 0 Å². The first-order valence-corrected chi connectivity index (χ1v) is 24.9. The monoisotopic (exact) mass is 835 g/mol. The van der Waals surface area contributed by atoms with Crippen LogP contribution in [0, 0.1) is 0 Å². The zero-order chi connectivity index (χ0) is 42.0. The second kappa shape index (κ2) is 35.8. The first-order valence-electron chi connectivity index (χ1n) is 23.2. The highest BCUT2D eigenvalue weighted by atomic mass is 31.2. The Bertz CT molecular complexity index is 1020. The fraction of sp³-hybridized carbons (Fsp3) is 0.932. The van der Waals surface area contributed by atoms with Crippen molar-refractivity contribution in [2.45, 2.75) is 236 Å². The first kappa shape index (κ1) is 54.1. The van der Waals surface area contributed by atoms with Gasteiger partial charge >= 0.3 is 7.60 Å². The zero-order valence-corrected chi connectivity index (χ0v) is 37.0. The maximum absolute atomic E-state index is 13.0. The number of ether oxygens (including phenoxy) is 2. The molecule has 8 atom stereocenters. The van der Waals surface area contributed by atoms with Gasteiger partial charge in [0.25, 0.3) is 0 Å². The van der Waals surface area contributed by atoms with E-state index in [1.807, 2.05) is 6.08 Å². The van der Waals surface area contributed by atoms with E-state index >= 15 is 0 Å². The molecule has 1 aliphatic heterocycles. The Hall–Kier alpha value is -0.920. The molecule has 0 aromatic heterocycles. The minimum atomic E-state index is -4.23. The smallest absolute Gasteiger partial charge is 0.329 e. The van der Waals surface area contributed by atoms with Crippen molar-refractivity contribution in [3.8, 4) is 0 Å². The number of hydrogen-bond donors (Lipinski definition) is 7. The molecular formula is C44H87N2O10P. The second-order valence-electron chi connectivity index (χ2n) is 16.4. The van der Waals surface area contributed by atoms with Crippen LogP contribution in [-0.2, 0) is 23.4 Å². The van der Waals surface area contributed by atoms with Gasteiger partial charge in [-0.1, -0.05) is 180 Å². The van der Waals surface area contributed by atoms with Crippen LogP contribution in [0.15, 0.2) is 12.2 Å². The Morgan fingerprint density at radius 2 is 1.21 bits per heavy atom. The molecule has 1 amide bonds. The predicted molar refractivity (Wildman–Crippen MR) is 230 cm³/mol. The van der Waals surface area contributed by atoms with Crippen molar-refractivity contribution in [3.63, 3.8) is 0 Å². The minimum absolute atomic E-state index is 0.141. The maximum Gasteiger partial charge on any atom is 0.329 e. The molecule has 0 radical (unpaired) electrons. The van der Waals surface area contributed by atoms with E-state index in [-0.39, 0.29) is 25.2 Å². The number of amides is 1. The van der Waals surface area contributed by atoms with Crippen LogP contribution >= 0.6 is 7.60 Å². The van der Waals surface area contributed by atoms with Gasteiger partial charge in [-0.15, -0.1) is 0 Å². The third-order valence-electron chi connectivity index (χ3n) is 11.0. The van der Waals surface area contributed by atoms with Crippen molar-refractivity contribution in [2.24, 2.45) is 5.73 Å².